The Morgan fingerprint density at radius 3 is 2.73 bits per heavy atom. The highest BCUT2D eigenvalue weighted by Crippen LogP contribution is 2.18. The molecule has 0 radical (unpaired) electrons. The number of likely N-dealkylation sites (N-methyl/N-ethyl adjacent to an activating group) is 1. The van der Waals surface area contributed by atoms with Gasteiger partial charge in [0, 0.05) is 57.6 Å². The summed E-state index contributed by atoms with van der Waals surface area (Å²) < 4.78 is 0. The molecule has 6 heteroatoms. The Bertz CT molecular complexity index is 551. The fraction of sp³-hybridized carbons (Fsp3) is 0.700. The zero-order chi connectivity index (χ0) is 18.8. The second kappa shape index (κ2) is 11.0. The molecule has 1 aromatic rings. The summed E-state index contributed by atoms with van der Waals surface area (Å²) >= 11 is 0. The highest BCUT2D eigenvalue weighted by molar-refractivity contribution is 5.80. The molecule has 1 atom stereocenters. The van der Waals surface area contributed by atoms with Crippen LogP contribution in [0.3, 0.4) is 0 Å². The maximum absolute atomic E-state index is 4.65. The highest BCUT2D eigenvalue weighted by Gasteiger charge is 2.18. The van der Waals surface area contributed by atoms with Crippen LogP contribution in [0.15, 0.2) is 23.3 Å². The molecule has 0 amide bonds. The fourth-order valence-electron chi connectivity index (χ4n) is 3.25. The molecule has 0 spiro atoms. The first-order valence-electron chi connectivity index (χ1n) is 9.98. The largest absolute Gasteiger partial charge is 0.354 e. The Balaban J connectivity index is 1.89. The molecular formula is C20H36N6. The number of piperazine rings is 1. The lowest BCUT2D eigenvalue weighted by Crippen LogP contribution is -2.45. The normalized spacial score (nSPS) is 17.2. The van der Waals surface area contributed by atoms with Gasteiger partial charge in [-0.25, -0.2) is 4.98 Å². The highest BCUT2D eigenvalue weighted by atomic mass is 15.3. The summed E-state index contributed by atoms with van der Waals surface area (Å²) in [5.41, 5.74) is 1.22. The van der Waals surface area contributed by atoms with E-state index in [0.29, 0.717) is 6.04 Å². The smallest absolute Gasteiger partial charge is 0.191 e. The van der Waals surface area contributed by atoms with Crippen LogP contribution in [0.2, 0.25) is 0 Å². The lowest BCUT2D eigenvalue weighted by molar-refractivity contribution is 0.312. The summed E-state index contributed by atoms with van der Waals surface area (Å²) in [7, 11) is 4.01. The van der Waals surface area contributed by atoms with Crippen LogP contribution in [-0.2, 0) is 6.54 Å². The zero-order valence-corrected chi connectivity index (χ0v) is 17.0. The van der Waals surface area contributed by atoms with E-state index in [0.717, 1.165) is 44.5 Å². The topological polar surface area (TPSA) is 55.8 Å². The van der Waals surface area contributed by atoms with Crippen LogP contribution in [-0.4, -0.2) is 62.2 Å². The number of anilines is 1. The summed E-state index contributed by atoms with van der Waals surface area (Å²) in [6.07, 6.45) is 6.88. The third kappa shape index (κ3) is 6.48. The monoisotopic (exact) mass is 360 g/mol. The molecule has 0 saturated carbocycles. The van der Waals surface area contributed by atoms with Crippen molar-refractivity contribution in [3.63, 3.8) is 0 Å². The molecule has 2 rings (SSSR count). The van der Waals surface area contributed by atoms with Crippen LogP contribution in [0.25, 0.3) is 0 Å². The SMILES string of the molecule is CCCCCC(C)NC(=NC)NCc1cccnc1N1CCN(C)CC1. The lowest BCUT2D eigenvalue weighted by atomic mass is 10.1. The molecule has 1 saturated heterocycles. The van der Waals surface area contributed by atoms with Crippen LogP contribution in [0.4, 0.5) is 5.82 Å². The number of unbranched alkanes of at least 4 members (excludes halogenated alkanes) is 2. The van der Waals surface area contributed by atoms with E-state index in [2.05, 4.69) is 57.4 Å². The van der Waals surface area contributed by atoms with E-state index in [4.69, 9.17) is 0 Å². The minimum atomic E-state index is 0.429. The third-order valence-corrected chi connectivity index (χ3v) is 4.96. The first-order chi connectivity index (χ1) is 12.6. The van der Waals surface area contributed by atoms with Gasteiger partial charge in [0.15, 0.2) is 5.96 Å². The minimum Gasteiger partial charge on any atom is -0.354 e. The Morgan fingerprint density at radius 1 is 1.27 bits per heavy atom. The van der Waals surface area contributed by atoms with Gasteiger partial charge in [-0.05, 0) is 26.5 Å². The number of aromatic nitrogens is 1. The van der Waals surface area contributed by atoms with Crippen molar-refractivity contribution in [1.82, 2.24) is 20.5 Å². The van der Waals surface area contributed by atoms with Gasteiger partial charge in [0.05, 0.1) is 0 Å². The lowest BCUT2D eigenvalue weighted by Gasteiger charge is -2.34. The molecule has 1 fully saturated rings. The van der Waals surface area contributed by atoms with Crippen LogP contribution in [0.5, 0.6) is 0 Å². The zero-order valence-electron chi connectivity index (χ0n) is 17.0. The number of hydrogen-bond acceptors (Lipinski definition) is 4. The van der Waals surface area contributed by atoms with E-state index in [1.165, 1.54) is 31.2 Å². The maximum atomic E-state index is 4.65. The van der Waals surface area contributed by atoms with Gasteiger partial charge in [0.1, 0.15) is 5.82 Å². The second-order valence-electron chi connectivity index (χ2n) is 7.24. The van der Waals surface area contributed by atoms with Crippen molar-refractivity contribution in [3.05, 3.63) is 23.9 Å². The molecule has 26 heavy (non-hydrogen) atoms. The van der Waals surface area contributed by atoms with Gasteiger partial charge in [-0.2, -0.15) is 0 Å². The van der Waals surface area contributed by atoms with Crippen LogP contribution in [0, 0.1) is 0 Å². The van der Waals surface area contributed by atoms with Gasteiger partial charge < -0.3 is 20.4 Å². The van der Waals surface area contributed by atoms with Gasteiger partial charge in [-0.3, -0.25) is 4.99 Å². The third-order valence-electron chi connectivity index (χ3n) is 4.96. The summed E-state index contributed by atoms with van der Waals surface area (Å²) in [6.45, 7) is 9.43. The fourth-order valence-corrected chi connectivity index (χ4v) is 3.25. The molecule has 146 valence electrons. The summed E-state index contributed by atoms with van der Waals surface area (Å²) in [6, 6.07) is 4.60. The predicted octanol–water partition coefficient (Wildman–Crippen LogP) is 2.47. The van der Waals surface area contributed by atoms with Crippen molar-refractivity contribution in [2.75, 3.05) is 45.2 Å². The number of aliphatic imine (C=N–C) groups is 1. The first kappa shape index (κ1) is 20.5. The molecule has 0 bridgehead atoms. The predicted molar refractivity (Wildman–Crippen MR) is 111 cm³/mol. The van der Waals surface area contributed by atoms with Gasteiger partial charge >= 0.3 is 0 Å². The number of nitrogens with zero attached hydrogens (tertiary/aromatic N) is 4. The molecule has 1 aliphatic rings. The molecule has 1 unspecified atom stereocenters. The molecule has 1 aliphatic heterocycles. The molecule has 2 N–H and O–H groups in total. The van der Waals surface area contributed by atoms with Crippen molar-refractivity contribution < 1.29 is 0 Å². The second-order valence-corrected chi connectivity index (χ2v) is 7.24. The summed E-state index contributed by atoms with van der Waals surface area (Å²) in [5.74, 6) is 1.96. The molecule has 1 aromatic heterocycles. The number of pyridine rings is 1. The van der Waals surface area contributed by atoms with E-state index in [1.807, 2.05) is 19.3 Å². The van der Waals surface area contributed by atoms with Gasteiger partial charge in [0.25, 0.3) is 0 Å². The Labute approximate surface area is 159 Å². The molecule has 0 aromatic carbocycles. The minimum absolute atomic E-state index is 0.429. The Kier molecular flexibility index (Phi) is 8.68. The van der Waals surface area contributed by atoms with Gasteiger partial charge in [0.2, 0.25) is 0 Å². The average Bonchev–Trinajstić information content (AvgIpc) is 2.66. The average molecular weight is 361 g/mol. The van der Waals surface area contributed by atoms with E-state index in [-0.39, 0.29) is 0 Å². The maximum Gasteiger partial charge on any atom is 0.191 e. The van der Waals surface area contributed by atoms with Crippen molar-refractivity contribution in [2.24, 2.45) is 4.99 Å². The van der Waals surface area contributed by atoms with Crippen molar-refractivity contribution in [2.45, 2.75) is 52.1 Å². The number of hydrogen-bond donors (Lipinski definition) is 2. The number of rotatable bonds is 8. The standard InChI is InChI=1S/C20H36N6/c1-5-6-7-9-17(2)24-20(21-3)23-16-18-10-8-11-22-19(18)26-14-12-25(4)13-15-26/h8,10-11,17H,5-7,9,12-16H2,1-4H3,(H2,21,23,24). The first-order valence-corrected chi connectivity index (χ1v) is 9.98. The van der Waals surface area contributed by atoms with E-state index in [1.54, 1.807) is 0 Å². The van der Waals surface area contributed by atoms with Crippen LogP contribution in [0.1, 0.15) is 45.1 Å². The Morgan fingerprint density at radius 2 is 2.04 bits per heavy atom. The quantitative estimate of drug-likeness (QED) is 0.424. The van der Waals surface area contributed by atoms with Crippen LogP contribution >= 0.6 is 0 Å². The van der Waals surface area contributed by atoms with Crippen molar-refractivity contribution in [1.29, 1.82) is 0 Å². The molecule has 2 heterocycles. The van der Waals surface area contributed by atoms with Crippen molar-refractivity contribution >= 4 is 11.8 Å². The summed E-state index contributed by atoms with van der Waals surface area (Å²) in [5, 5.41) is 6.96. The van der Waals surface area contributed by atoms with E-state index < -0.39 is 0 Å². The van der Waals surface area contributed by atoms with E-state index >= 15 is 0 Å². The number of guanidine groups is 1. The molecule has 6 nitrogen and oxygen atoms in total. The Hall–Kier alpha value is -1.82. The molecular weight excluding hydrogens is 324 g/mol. The van der Waals surface area contributed by atoms with E-state index in [9.17, 15) is 0 Å². The molecule has 0 aliphatic carbocycles. The van der Waals surface area contributed by atoms with Gasteiger partial charge in [-0.1, -0.05) is 32.3 Å². The van der Waals surface area contributed by atoms with Crippen LogP contribution < -0.4 is 15.5 Å². The van der Waals surface area contributed by atoms with Crippen molar-refractivity contribution in [3.8, 4) is 0 Å². The number of nitrogens with one attached hydrogen (secondary N) is 2. The van der Waals surface area contributed by atoms with Gasteiger partial charge in [-0.15, -0.1) is 0 Å². The summed E-state index contributed by atoms with van der Waals surface area (Å²) in [4.78, 5) is 13.8.